The van der Waals surface area contributed by atoms with Crippen LogP contribution in [0.3, 0.4) is 0 Å². The lowest BCUT2D eigenvalue weighted by Crippen LogP contribution is -2.43. The van der Waals surface area contributed by atoms with E-state index < -0.39 is 16.9 Å². The molecule has 1 aliphatic heterocycles. The summed E-state index contributed by atoms with van der Waals surface area (Å²) in [6.45, 7) is 0. The fraction of sp³-hybridized carbons (Fsp3) is 0.125. The van der Waals surface area contributed by atoms with E-state index in [0.29, 0.717) is 17.4 Å². The van der Waals surface area contributed by atoms with Gasteiger partial charge >= 0.3 is 0 Å². The van der Waals surface area contributed by atoms with Crippen molar-refractivity contribution in [3.63, 3.8) is 0 Å². The van der Waals surface area contributed by atoms with Crippen LogP contribution in [0.4, 0.5) is 11.6 Å². The molecule has 164 valence electrons. The molecule has 5 rings (SSSR count). The molecule has 2 heterocycles. The second kappa shape index (κ2) is 8.48. The van der Waals surface area contributed by atoms with Crippen LogP contribution in [0.25, 0.3) is 0 Å². The number of rotatable bonds is 4. The van der Waals surface area contributed by atoms with Crippen LogP contribution in [-0.2, 0) is 0 Å². The second-order valence-corrected chi connectivity index (χ2v) is 8.06. The van der Waals surface area contributed by atoms with Crippen molar-refractivity contribution >= 4 is 29.1 Å². The van der Waals surface area contributed by atoms with Gasteiger partial charge in [0.25, 0.3) is 11.6 Å². The summed E-state index contributed by atoms with van der Waals surface area (Å²) < 4.78 is 1.66. The van der Waals surface area contributed by atoms with Crippen molar-refractivity contribution in [1.29, 1.82) is 0 Å². The van der Waals surface area contributed by atoms with Gasteiger partial charge in [0.2, 0.25) is 5.95 Å². The molecular weight excluding hydrogens is 442 g/mol. The maximum absolute atomic E-state index is 13.8. The average Bonchev–Trinajstić information content (AvgIpc) is 3.33. The highest BCUT2D eigenvalue weighted by atomic mass is 35.5. The van der Waals surface area contributed by atoms with Gasteiger partial charge in [0.1, 0.15) is 11.9 Å². The molecule has 0 saturated heterocycles. The number of anilines is 1. The van der Waals surface area contributed by atoms with Crippen LogP contribution >= 0.6 is 11.6 Å². The number of fused-ring (bicyclic) bond motifs is 1. The minimum absolute atomic E-state index is 0.00539. The van der Waals surface area contributed by atoms with Crippen molar-refractivity contribution in [2.45, 2.75) is 18.5 Å². The van der Waals surface area contributed by atoms with E-state index in [1.54, 1.807) is 10.7 Å². The first-order valence-corrected chi connectivity index (χ1v) is 10.7. The van der Waals surface area contributed by atoms with E-state index in [4.69, 9.17) is 11.6 Å². The van der Waals surface area contributed by atoms with Gasteiger partial charge in [-0.25, -0.2) is 4.68 Å². The first-order valence-electron chi connectivity index (χ1n) is 10.3. The van der Waals surface area contributed by atoms with Gasteiger partial charge in [-0.2, -0.15) is 10.1 Å². The largest absolute Gasteiger partial charge is 0.282 e. The zero-order valence-electron chi connectivity index (χ0n) is 17.3. The normalized spacial score (nSPS) is 17.4. The number of nitro groups is 1. The molecule has 4 aromatic rings. The smallest absolute Gasteiger partial charge is 0.269 e. The number of para-hydroxylation sites is 1. The quantitative estimate of drug-likeness (QED) is 0.308. The molecule has 0 fully saturated rings. The molecule has 2 atom stereocenters. The van der Waals surface area contributed by atoms with E-state index >= 15 is 0 Å². The lowest BCUT2D eigenvalue weighted by molar-refractivity contribution is -0.385. The van der Waals surface area contributed by atoms with Crippen LogP contribution in [0.2, 0.25) is 5.02 Å². The van der Waals surface area contributed by atoms with Gasteiger partial charge in [-0.1, -0.05) is 72.3 Å². The number of aromatic nitrogens is 3. The summed E-state index contributed by atoms with van der Waals surface area (Å²) in [7, 11) is 0. The molecule has 0 spiro atoms. The van der Waals surface area contributed by atoms with Gasteiger partial charge in [-0.15, -0.1) is 0 Å². The predicted octanol–water partition coefficient (Wildman–Crippen LogP) is 5.22. The van der Waals surface area contributed by atoms with E-state index in [1.807, 2.05) is 54.6 Å². The van der Waals surface area contributed by atoms with Crippen molar-refractivity contribution < 1.29 is 9.72 Å². The molecule has 0 bridgehead atoms. The summed E-state index contributed by atoms with van der Waals surface area (Å²) in [4.78, 5) is 30.7. The highest BCUT2D eigenvalue weighted by molar-refractivity contribution is 6.31. The molecule has 1 aliphatic rings. The number of amides is 1. The van der Waals surface area contributed by atoms with Crippen LogP contribution in [0, 0.1) is 10.1 Å². The number of hydrogen-bond acceptors (Lipinski definition) is 5. The molecule has 8 nitrogen and oxygen atoms in total. The average molecular weight is 460 g/mol. The molecule has 0 saturated carbocycles. The zero-order chi connectivity index (χ0) is 22.9. The number of nitro benzene ring substituents is 1. The minimum Gasteiger partial charge on any atom is -0.269 e. The molecule has 0 radical (unpaired) electrons. The first kappa shape index (κ1) is 20.8. The Morgan fingerprint density at radius 1 is 0.970 bits per heavy atom. The van der Waals surface area contributed by atoms with Gasteiger partial charge in [-0.3, -0.25) is 19.8 Å². The van der Waals surface area contributed by atoms with E-state index in [2.05, 4.69) is 10.1 Å². The molecule has 3 aromatic carbocycles. The Kier molecular flexibility index (Phi) is 5.35. The molecule has 1 amide bonds. The lowest BCUT2D eigenvalue weighted by Gasteiger charge is -2.39. The highest BCUT2D eigenvalue weighted by Crippen LogP contribution is 2.44. The fourth-order valence-corrected chi connectivity index (χ4v) is 4.59. The third kappa shape index (κ3) is 3.64. The van der Waals surface area contributed by atoms with Crippen LogP contribution < -0.4 is 4.90 Å². The SMILES string of the molecule is O=C(c1ccccc1[N+](=O)[O-])N1c2ncnn2[C@H](c2ccccc2Cl)C[C@@H]1c1ccccc1. The number of hydrogen-bond donors (Lipinski definition) is 0. The fourth-order valence-electron chi connectivity index (χ4n) is 4.33. The van der Waals surface area contributed by atoms with E-state index in [1.165, 1.54) is 29.4 Å². The van der Waals surface area contributed by atoms with E-state index in [9.17, 15) is 14.9 Å². The molecule has 0 N–H and O–H groups in total. The van der Waals surface area contributed by atoms with Crippen molar-refractivity contribution in [1.82, 2.24) is 14.8 Å². The number of nitrogens with zero attached hydrogens (tertiary/aromatic N) is 5. The Hall–Kier alpha value is -4.04. The van der Waals surface area contributed by atoms with Crippen LogP contribution in [0.5, 0.6) is 0 Å². The standard InChI is InChI=1S/C24H18ClN5O3/c25-19-12-6-4-10-17(19)22-14-21(16-8-2-1-3-9-16)28(24-26-15-27-29(22)24)23(31)18-11-5-7-13-20(18)30(32)33/h1-13,15,21-22H,14H2/t21-,22+/m1/s1. The molecule has 0 aliphatic carbocycles. The second-order valence-electron chi connectivity index (χ2n) is 7.65. The Bertz CT molecular complexity index is 1340. The molecule has 9 heteroatoms. The number of carbonyl (C=O) groups excluding carboxylic acids is 1. The third-order valence-electron chi connectivity index (χ3n) is 5.82. The van der Waals surface area contributed by atoms with Gasteiger partial charge in [0, 0.05) is 11.1 Å². The molecule has 1 aromatic heterocycles. The molecule has 0 unspecified atom stereocenters. The van der Waals surface area contributed by atoms with Crippen LogP contribution in [0.15, 0.2) is 85.2 Å². The Balaban J connectivity index is 1.69. The summed E-state index contributed by atoms with van der Waals surface area (Å²) in [5.41, 5.74) is 1.49. The lowest BCUT2D eigenvalue weighted by atomic mass is 9.91. The Labute approximate surface area is 194 Å². The van der Waals surface area contributed by atoms with Crippen molar-refractivity contribution in [3.8, 4) is 0 Å². The van der Waals surface area contributed by atoms with Gasteiger partial charge in [0.05, 0.1) is 17.0 Å². The van der Waals surface area contributed by atoms with E-state index in [-0.39, 0.29) is 17.3 Å². The van der Waals surface area contributed by atoms with Gasteiger partial charge in [0.15, 0.2) is 0 Å². The Morgan fingerprint density at radius 2 is 1.67 bits per heavy atom. The summed E-state index contributed by atoms with van der Waals surface area (Å²) in [6, 6.07) is 22.3. The first-order chi connectivity index (χ1) is 16.1. The Morgan fingerprint density at radius 3 is 2.42 bits per heavy atom. The van der Waals surface area contributed by atoms with Gasteiger partial charge in [-0.05, 0) is 29.7 Å². The maximum atomic E-state index is 13.8. The number of carbonyl (C=O) groups is 1. The number of benzene rings is 3. The number of halogens is 1. The highest BCUT2D eigenvalue weighted by Gasteiger charge is 2.41. The van der Waals surface area contributed by atoms with Crippen LogP contribution in [0.1, 0.15) is 40.0 Å². The van der Waals surface area contributed by atoms with Gasteiger partial charge < -0.3 is 0 Å². The summed E-state index contributed by atoms with van der Waals surface area (Å²) >= 11 is 6.52. The van der Waals surface area contributed by atoms with Crippen LogP contribution in [-0.4, -0.2) is 25.6 Å². The van der Waals surface area contributed by atoms with Crippen molar-refractivity contribution in [2.75, 3.05) is 4.90 Å². The van der Waals surface area contributed by atoms with Crippen molar-refractivity contribution in [2.24, 2.45) is 0 Å². The summed E-state index contributed by atoms with van der Waals surface area (Å²) in [5.74, 6) is -0.203. The third-order valence-corrected chi connectivity index (χ3v) is 6.17. The molecular formula is C24H18ClN5O3. The van der Waals surface area contributed by atoms with E-state index in [0.717, 1.165) is 11.1 Å². The zero-order valence-corrected chi connectivity index (χ0v) is 18.0. The monoisotopic (exact) mass is 459 g/mol. The van der Waals surface area contributed by atoms with Crippen molar-refractivity contribution in [3.05, 3.63) is 117 Å². The minimum atomic E-state index is -0.550. The summed E-state index contributed by atoms with van der Waals surface area (Å²) in [5, 5.41) is 16.6. The summed E-state index contributed by atoms with van der Waals surface area (Å²) in [6.07, 6.45) is 1.85. The molecule has 33 heavy (non-hydrogen) atoms. The topological polar surface area (TPSA) is 94.2 Å². The predicted molar refractivity (Wildman–Crippen MR) is 123 cm³/mol. The maximum Gasteiger partial charge on any atom is 0.282 e.